The Morgan fingerprint density at radius 3 is 2.88 bits per heavy atom. The summed E-state index contributed by atoms with van der Waals surface area (Å²) in [6.07, 6.45) is 7.34. The van der Waals surface area contributed by atoms with Gasteiger partial charge < -0.3 is 11.1 Å². The van der Waals surface area contributed by atoms with Crippen LogP contribution in [0.15, 0.2) is 55.1 Å². The Morgan fingerprint density at radius 2 is 2.12 bits per heavy atom. The van der Waals surface area contributed by atoms with E-state index >= 15 is 0 Å². The average Bonchev–Trinajstić information content (AvgIpc) is 2.62. The van der Waals surface area contributed by atoms with Crippen LogP contribution in [0.25, 0.3) is 16.6 Å². The highest BCUT2D eigenvalue weighted by molar-refractivity contribution is 5.80. The first-order chi connectivity index (χ1) is 11.7. The minimum atomic E-state index is -0.290. The Bertz CT molecular complexity index is 858. The number of nitrogens with zero attached hydrogens (tertiary/aromatic N) is 3. The lowest BCUT2D eigenvalue weighted by molar-refractivity contribution is 0.878. The Labute approximate surface area is 141 Å². The standard InChI is InChI=1S/C19H21N5/c1-3-21-12-16(19(20)14-5-4-8-22-10-14)15-9-18-17(23-11-15)7-6-13(2)24-18/h4-12,19,21H,3,20H2,1-2H3/b16-12-. The summed E-state index contributed by atoms with van der Waals surface area (Å²) in [4.78, 5) is 13.3. The van der Waals surface area contributed by atoms with E-state index in [9.17, 15) is 0 Å². The van der Waals surface area contributed by atoms with Crippen LogP contribution in [0.5, 0.6) is 0 Å². The molecule has 3 aromatic heterocycles. The van der Waals surface area contributed by atoms with Gasteiger partial charge in [-0.15, -0.1) is 0 Å². The van der Waals surface area contributed by atoms with Crippen molar-refractivity contribution in [3.05, 3.63) is 71.9 Å². The largest absolute Gasteiger partial charge is 0.391 e. The third-order valence-electron chi connectivity index (χ3n) is 3.85. The molecule has 0 radical (unpaired) electrons. The van der Waals surface area contributed by atoms with E-state index in [1.165, 1.54) is 0 Å². The molecule has 0 aliphatic heterocycles. The van der Waals surface area contributed by atoms with Crippen molar-refractivity contribution >= 4 is 16.6 Å². The van der Waals surface area contributed by atoms with Gasteiger partial charge in [-0.1, -0.05) is 6.07 Å². The van der Waals surface area contributed by atoms with Crippen LogP contribution in [0.3, 0.4) is 0 Å². The maximum absolute atomic E-state index is 6.49. The second kappa shape index (κ2) is 7.19. The maximum atomic E-state index is 6.49. The number of hydrogen-bond donors (Lipinski definition) is 2. The van der Waals surface area contributed by atoms with Crippen molar-refractivity contribution in [2.75, 3.05) is 6.54 Å². The van der Waals surface area contributed by atoms with E-state index < -0.39 is 0 Å². The summed E-state index contributed by atoms with van der Waals surface area (Å²) in [5.41, 5.74) is 12.1. The molecule has 3 aromatic rings. The van der Waals surface area contributed by atoms with Crippen LogP contribution in [-0.4, -0.2) is 21.5 Å². The van der Waals surface area contributed by atoms with Crippen molar-refractivity contribution in [1.82, 2.24) is 20.3 Å². The molecule has 0 aliphatic rings. The zero-order valence-corrected chi connectivity index (χ0v) is 13.9. The molecule has 0 aliphatic carbocycles. The Kier molecular flexibility index (Phi) is 4.82. The molecule has 0 aromatic carbocycles. The van der Waals surface area contributed by atoms with Crippen LogP contribution in [0.4, 0.5) is 0 Å². The minimum Gasteiger partial charge on any atom is -0.391 e. The molecule has 1 unspecified atom stereocenters. The molecule has 3 N–H and O–H groups in total. The summed E-state index contributed by atoms with van der Waals surface area (Å²) >= 11 is 0. The van der Waals surface area contributed by atoms with Crippen LogP contribution < -0.4 is 11.1 Å². The first-order valence-electron chi connectivity index (χ1n) is 8.01. The number of hydrogen-bond acceptors (Lipinski definition) is 5. The van der Waals surface area contributed by atoms with Crippen molar-refractivity contribution in [3.8, 4) is 0 Å². The van der Waals surface area contributed by atoms with Crippen molar-refractivity contribution in [2.45, 2.75) is 19.9 Å². The van der Waals surface area contributed by atoms with E-state index in [1.807, 2.05) is 56.6 Å². The van der Waals surface area contributed by atoms with E-state index in [4.69, 9.17) is 5.73 Å². The lowest BCUT2D eigenvalue weighted by Gasteiger charge is -2.17. The zero-order valence-electron chi connectivity index (χ0n) is 13.9. The fourth-order valence-corrected chi connectivity index (χ4v) is 2.57. The van der Waals surface area contributed by atoms with E-state index in [-0.39, 0.29) is 6.04 Å². The summed E-state index contributed by atoms with van der Waals surface area (Å²) in [6, 6.07) is 9.57. The summed E-state index contributed by atoms with van der Waals surface area (Å²) in [5, 5.41) is 3.25. The molecule has 0 spiro atoms. The van der Waals surface area contributed by atoms with Crippen LogP contribution in [0.1, 0.15) is 29.8 Å². The third-order valence-corrected chi connectivity index (χ3v) is 3.85. The van der Waals surface area contributed by atoms with E-state index in [2.05, 4.69) is 20.3 Å². The molecule has 3 rings (SSSR count). The van der Waals surface area contributed by atoms with Crippen LogP contribution in [-0.2, 0) is 0 Å². The number of aryl methyl sites for hydroxylation is 1. The molecule has 24 heavy (non-hydrogen) atoms. The van der Waals surface area contributed by atoms with Gasteiger partial charge in [0.1, 0.15) is 0 Å². The highest BCUT2D eigenvalue weighted by atomic mass is 14.8. The smallest absolute Gasteiger partial charge is 0.0895 e. The van der Waals surface area contributed by atoms with Crippen molar-refractivity contribution in [1.29, 1.82) is 0 Å². The van der Waals surface area contributed by atoms with Crippen LogP contribution >= 0.6 is 0 Å². The van der Waals surface area contributed by atoms with Gasteiger partial charge in [0.05, 0.1) is 17.1 Å². The molecular weight excluding hydrogens is 298 g/mol. The summed E-state index contributed by atoms with van der Waals surface area (Å²) in [5.74, 6) is 0. The van der Waals surface area contributed by atoms with E-state index in [0.717, 1.165) is 40.0 Å². The Hall–Kier alpha value is -2.79. The van der Waals surface area contributed by atoms with Gasteiger partial charge in [0, 0.05) is 42.6 Å². The average molecular weight is 319 g/mol. The first-order valence-corrected chi connectivity index (χ1v) is 8.01. The monoisotopic (exact) mass is 319 g/mol. The molecule has 1 atom stereocenters. The number of nitrogens with two attached hydrogens (primary N) is 1. The fraction of sp³-hybridized carbons (Fsp3) is 0.211. The Balaban J connectivity index is 2.06. The maximum Gasteiger partial charge on any atom is 0.0895 e. The van der Waals surface area contributed by atoms with E-state index in [0.29, 0.717) is 0 Å². The SMILES string of the molecule is CCN/C=C(/c1cnc2ccc(C)nc2c1)C(N)c1cccnc1. The molecular formula is C19H21N5. The second-order valence-corrected chi connectivity index (χ2v) is 5.64. The topological polar surface area (TPSA) is 76.7 Å². The van der Waals surface area contributed by atoms with Gasteiger partial charge >= 0.3 is 0 Å². The lowest BCUT2D eigenvalue weighted by Crippen LogP contribution is -2.16. The number of aromatic nitrogens is 3. The summed E-state index contributed by atoms with van der Waals surface area (Å²) in [6.45, 7) is 4.85. The predicted molar refractivity (Wildman–Crippen MR) is 97.1 cm³/mol. The van der Waals surface area contributed by atoms with Gasteiger partial charge in [-0.25, -0.2) is 0 Å². The lowest BCUT2D eigenvalue weighted by atomic mass is 9.96. The molecule has 0 fully saturated rings. The number of pyridine rings is 3. The predicted octanol–water partition coefficient (Wildman–Crippen LogP) is 2.98. The third kappa shape index (κ3) is 3.41. The molecule has 5 nitrogen and oxygen atoms in total. The van der Waals surface area contributed by atoms with Gasteiger partial charge in [0.25, 0.3) is 0 Å². The number of rotatable bonds is 5. The number of nitrogens with one attached hydrogen (secondary N) is 1. The quantitative estimate of drug-likeness (QED) is 0.756. The van der Waals surface area contributed by atoms with Crippen LogP contribution in [0, 0.1) is 6.92 Å². The minimum absolute atomic E-state index is 0.290. The summed E-state index contributed by atoms with van der Waals surface area (Å²) < 4.78 is 0. The normalized spacial score (nSPS) is 13.0. The van der Waals surface area contributed by atoms with E-state index in [1.54, 1.807) is 12.4 Å². The van der Waals surface area contributed by atoms with Gasteiger partial charge in [0.15, 0.2) is 0 Å². The Morgan fingerprint density at radius 1 is 1.25 bits per heavy atom. The second-order valence-electron chi connectivity index (χ2n) is 5.64. The van der Waals surface area contributed by atoms with Crippen molar-refractivity contribution in [3.63, 3.8) is 0 Å². The molecule has 5 heteroatoms. The fourth-order valence-electron chi connectivity index (χ4n) is 2.57. The highest BCUT2D eigenvalue weighted by Crippen LogP contribution is 2.28. The molecule has 0 bridgehead atoms. The molecule has 0 amide bonds. The van der Waals surface area contributed by atoms with Crippen molar-refractivity contribution in [2.24, 2.45) is 5.73 Å². The highest BCUT2D eigenvalue weighted by Gasteiger charge is 2.15. The molecule has 0 saturated carbocycles. The number of fused-ring (bicyclic) bond motifs is 1. The van der Waals surface area contributed by atoms with Gasteiger partial charge in [-0.05, 0) is 49.2 Å². The van der Waals surface area contributed by atoms with Gasteiger partial charge in [0.2, 0.25) is 0 Å². The molecule has 122 valence electrons. The summed E-state index contributed by atoms with van der Waals surface area (Å²) in [7, 11) is 0. The first kappa shape index (κ1) is 16.1. The van der Waals surface area contributed by atoms with Crippen molar-refractivity contribution < 1.29 is 0 Å². The zero-order chi connectivity index (χ0) is 16.9. The van der Waals surface area contributed by atoms with Crippen LogP contribution in [0.2, 0.25) is 0 Å². The van der Waals surface area contributed by atoms with Gasteiger partial charge in [-0.3, -0.25) is 15.0 Å². The molecule has 0 saturated heterocycles. The molecule has 3 heterocycles. The van der Waals surface area contributed by atoms with Gasteiger partial charge in [-0.2, -0.15) is 0 Å².